The van der Waals surface area contributed by atoms with E-state index in [1.807, 2.05) is 32.0 Å². The first kappa shape index (κ1) is 14.8. The third-order valence-electron chi connectivity index (χ3n) is 2.75. The standard InChI is InChI=1S/C15H18BrN3O/c1-4-7-17-15-18-9-11(3)14(19-15)20-13-6-5-10(2)8-12(13)16/h5-6,8-9H,4,7H2,1-3H3,(H,17,18,19). The van der Waals surface area contributed by atoms with Crippen LogP contribution in [0.15, 0.2) is 28.9 Å². The molecule has 2 rings (SSSR count). The molecule has 4 nitrogen and oxygen atoms in total. The van der Waals surface area contributed by atoms with Gasteiger partial charge in [0.15, 0.2) is 0 Å². The summed E-state index contributed by atoms with van der Waals surface area (Å²) >= 11 is 3.51. The van der Waals surface area contributed by atoms with Crippen LogP contribution in [0.5, 0.6) is 11.6 Å². The summed E-state index contributed by atoms with van der Waals surface area (Å²) in [6, 6.07) is 5.95. The van der Waals surface area contributed by atoms with Crippen molar-refractivity contribution in [2.45, 2.75) is 27.2 Å². The minimum Gasteiger partial charge on any atom is -0.437 e. The molecule has 1 heterocycles. The second-order valence-corrected chi connectivity index (χ2v) is 5.50. The van der Waals surface area contributed by atoms with Crippen LogP contribution in [-0.2, 0) is 0 Å². The van der Waals surface area contributed by atoms with E-state index in [9.17, 15) is 0 Å². The van der Waals surface area contributed by atoms with Crippen LogP contribution in [0.1, 0.15) is 24.5 Å². The van der Waals surface area contributed by atoms with Gasteiger partial charge < -0.3 is 10.1 Å². The third-order valence-corrected chi connectivity index (χ3v) is 3.37. The fourth-order valence-corrected chi connectivity index (χ4v) is 2.22. The topological polar surface area (TPSA) is 47.0 Å². The maximum Gasteiger partial charge on any atom is 0.227 e. The van der Waals surface area contributed by atoms with Crippen LogP contribution < -0.4 is 10.1 Å². The van der Waals surface area contributed by atoms with E-state index in [1.165, 1.54) is 5.56 Å². The Morgan fingerprint density at radius 2 is 2.10 bits per heavy atom. The average molecular weight is 336 g/mol. The molecular formula is C15H18BrN3O. The number of hydrogen-bond donors (Lipinski definition) is 1. The van der Waals surface area contributed by atoms with Crippen LogP contribution in [0.2, 0.25) is 0 Å². The number of halogens is 1. The number of rotatable bonds is 5. The molecule has 0 amide bonds. The molecule has 0 unspecified atom stereocenters. The van der Waals surface area contributed by atoms with Crippen molar-refractivity contribution in [1.82, 2.24) is 9.97 Å². The monoisotopic (exact) mass is 335 g/mol. The molecule has 106 valence electrons. The van der Waals surface area contributed by atoms with E-state index < -0.39 is 0 Å². The Balaban J connectivity index is 2.23. The molecule has 0 aliphatic carbocycles. The summed E-state index contributed by atoms with van der Waals surface area (Å²) in [5, 5.41) is 3.16. The number of hydrogen-bond acceptors (Lipinski definition) is 4. The minimum absolute atomic E-state index is 0.572. The molecule has 0 atom stereocenters. The highest BCUT2D eigenvalue weighted by Gasteiger charge is 2.08. The highest BCUT2D eigenvalue weighted by molar-refractivity contribution is 9.10. The number of aromatic nitrogens is 2. The van der Waals surface area contributed by atoms with E-state index in [0.29, 0.717) is 11.8 Å². The Morgan fingerprint density at radius 1 is 1.30 bits per heavy atom. The maximum atomic E-state index is 5.88. The van der Waals surface area contributed by atoms with Gasteiger partial charge in [-0.1, -0.05) is 13.0 Å². The van der Waals surface area contributed by atoms with Gasteiger partial charge in [0.2, 0.25) is 11.8 Å². The van der Waals surface area contributed by atoms with E-state index in [4.69, 9.17) is 4.74 Å². The highest BCUT2D eigenvalue weighted by Crippen LogP contribution is 2.31. The van der Waals surface area contributed by atoms with E-state index in [-0.39, 0.29) is 0 Å². The number of benzene rings is 1. The zero-order valence-electron chi connectivity index (χ0n) is 11.9. The van der Waals surface area contributed by atoms with Gasteiger partial charge in [-0.15, -0.1) is 0 Å². The van der Waals surface area contributed by atoms with Crippen LogP contribution in [-0.4, -0.2) is 16.5 Å². The fourth-order valence-electron chi connectivity index (χ4n) is 1.64. The molecule has 5 heteroatoms. The van der Waals surface area contributed by atoms with Gasteiger partial charge in [-0.2, -0.15) is 4.98 Å². The number of aryl methyl sites for hydroxylation is 2. The quantitative estimate of drug-likeness (QED) is 0.875. The van der Waals surface area contributed by atoms with Gasteiger partial charge in [0.25, 0.3) is 0 Å². The SMILES string of the molecule is CCCNc1ncc(C)c(Oc2ccc(C)cc2Br)n1. The first-order valence-electron chi connectivity index (χ1n) is 6.61. The molecule has 0 aliphatic heterocycles. The van der Waals surface area contributed by atoms with Gasteiger partial charge in [-0.05, 0) is 53.9 Å². The average Bonchev–Trinajstić information content (AvgIpc) is 2.42. The molecular weight excluding hydrogens is 318 g/mol. The lowest BCUT2D eigenvalue weighted by molar-refractivity contribution is 0.455. The van der Waals surface area contributed by atoms with Crippen molar-refractivity contribution in [3.05, 3.63) is 40.0 Å². The van der Waals surface area contributed by atoms with E-state index in [2.05, 4.69) is 38.1 Å². The van der Waals surface area contributed by atoms with E-state index in [0.717, 1.165) is 28.8 Å². The Morgan fingerprint density at radius 3 is 2.80 bits per heavy atom. The van der Waals surface area contributed by atoms with Gasteiger partial charge in [0, 0.05) is 18.3 Å². The van der Waals surface area contributed by atoms with Crippen molar-refractivity contribution in [1.29, 1.82) is 0 Å². The summed E-state index contributed by atoms with van der Waals surface area (Å²) < 4.78 is 6.79. The van der Waals surface area contributed by atoms with Gasteiger partial charge in [0.05, 0.1) is 4.47 Å². The minimum atomic E-state index is 0.572. The molecule has 0 saturated heterocycles. The van der Waals surface area contributed by atoms with Crippen molar-refractivity contribution in [3.63, 3.8) is 0 Å². The fraction of sp³-hybridized carbons (Fsp3) is 0.333. The molecule has 0 fully saturated rings. The summed E-state index contributed by atoms with van der Waals surface area (Å²) in [6.45, 7) is 6.91. The molecule has 0 aliphatic rings. The van der Waals surface area contributed by atoms with Crippen LogP contribution in [0.4, 0.5) is 5.95 Å². The molecule has 0 saturated carbocycles. The van der Waals surface area contributed by atoms with Crippen molar-refractivity contribution in [2.24, 2.45) is 0 Å². The normalized spacial score (nSPS) is 10.4. The first-order chi connectivity index (χ1) is 9.60. The lowest BCUT2D eigenvalue weighted by Crippen LogP contribution is -2.05. The smallest absolute Gasteiger partial charge is 0.227 e. The molecule has 1 aromatic heterocycles. The number of nitrogens with one attached hydrogen (secondary N) is 1. The van der Waals surface area contributed by atoms with Gasteiger partial charge in [-0.3, -0.25) is 0 Å². The van der Waals surface area contributed by atoms with Crippen LogP contribution in [0.3, 0.4) is 0 Å². The Hall–Kier alpha value is -1.62. The van der Waals surface area contributed by atoms with Crippen LogP contribution in [0, 0.1) is 13.8 Å². The van der Waals surface area contributed by atoms with Crippen LogP contribution in [0.25, 0.3) is 0 Å². The van der Waals surface area contributed by atoms with Gasteiger partial charge >= 0.3 is 0 Å². The number of ether oxygens (including phenoxy) is 1. The van der Waals surface area contributed by atoms with Crippen molar-refractivity contribution in [2.75, 3.05) is 11.9 Å². The molecule has 1 N–H and O–H groups in total. The second kappa shape index (κ2) is 6.70. The van der Waals surface area contributed by atoms with E-state index in [1.54, 1.807) is 6.20 Å². The zero-order chi connectivity index (χ0) is 14.5. The summed E-state index contributed by atoms with van der Waals surface area (Å²) in [7, 11) is 0. The summed E-state index contributed by atoms with van der Waals surface area (Å²) in [5.74, 6) is 1.91. The third kappa shape index (κ3) is 3.70. The van der Waals surface area contributed by atoms with Crippen molar-refractivity contribution in [3.8, 4) is 11.6 Å². The number of nitrogens with zero attached hydrogens (tertiary/aromatic N) is 2. The predicted octanol–water partition coefficient (Wildman–Crippen LogP) is 4.47. The van der Waals surface area contributed by atoms with E-state index >= 15 is 0 Å². The predicted molar refractivity (Wildman–Crippen MR) is 84.5 cm³/mol. The largest absolute Gasteiger partial charge is 0.437 e. The summed E-state index contributed by atoms with van der Waals surface area (Å²) in [4.78, 5) is 8.64. The first-order valence-corrected chi connectivity index (χ1v) is 7.41. The van der Waals surface area contributed by atoms with Crippen molar-refractivity contribution >= 4 is 21.9 Å². The Kier molecular flexibility index (Phi) is 4.95. The van der Waals surface area contributed by atoms with Gasteiger partial charge in [0.1, 0.15) is 5.75 Å². The molecule has 0 spiro atoms. The molecule has 2 aromatic rings. The lowest BCUT2D eigenvalue weighted by Gasteiger charge is -2.11. The lowest BCUT2D eigenvalue weighted by atomic mass is 10.2. The molecule has 1 aromatic carbocycles. The molecule has 20 heavy (non-hydrogen) atoms. The van der Waals surface area contributed by atoms with Gasteiger partial charge in [-0.25, -0.2) is 4.98 Å². The molecule has 0 radical (unpaired) electrons. The Bertz CT molecular complexity index is 602. The number of anilines is 1. The zero-order valence-corrected chi connectivity index (χ0v) is 13.5. The summed E-state index contributed by atoms with van der Waals surface area (Å²) in [6.07, 6.45) is 2.79. The maximum absolute atomic E-state index is 5.88. The van der Waals surface area contributed by atoms with Crippen LogP contribution >= 0.6 is 15.9 Å². The summed E-state index contributed by atoms with van der Waals surface area (Å²) in [5.41, 5.74) is 2.08. The Labute approximate surface area is 127 Å². The van der Waals surface area contributed by atoms with Crippen molar-refractivity contribution < 1.29 is 4.74 Å². The second-order valence-electron chi connectivity index (χ2n) is 4.64. The highest BCUT2D eigenvalue weighted by atomic mass is 79.9. The molecule has 0 bridgehead atoms.